The summed E-state index contributed by atoms with van der Waals surface area (Å²) in [5, 5.41) is 6.86. The lowest BCUT2D eigenvalue weighted by Gasteiger charge is -2.24. The summed E-state index contributed by atoms with van der Waals surface area (Å²) in [6.07, 6.45) is 2.58. The van der Waals surface area contributed by atoms with Gasteiger partial charge in [0.15, 0.2) is 0 Å². The fraction of sp³-hybridized carbons (Fsp3) is 0.600. The van der Waals surface area contributed by atoms with E-state index in [-0.39, 0.29) is 18.0 Å². The van der Waals surface area contributed by atoms with Crippen LogP contribution < -0.4 is 11.1 Å². The number of nitrogen functional groups attached to an aromatic ring is 1. The summed E-state index contributed by atoms with van der Waals surface area (Å²) in [6, 6.07) is 1.66. The standard InChI is InChI=1S/C10H18N4O/c1-4-10(2,3)12-9(15)7-14-6-5-8(11)13-14/h5-6H,4,7H2,1-3H3,(H2,11,13)(H,12,15). The molecule has 1 aromatic heterocycles. The molecule has 1 rings (SSSR count). The van der Waals surface area contributed by atoms with Crippen molar-refractivity contribution in [1.29, 1.82) is 0 Å². The maximum absolute atomic E-state index is 11.6. The van der Waals surface area contributed by atoms with Gasteiger partial charge in [-0.2, -0.15) is 5.10 Å². The molecule has 0 aliphatic carbocycles. The highest BCUT2D eigenvalue weighted by atomic mass is 16.2. The first-order valence-electron chi connectivity index (χ1n) is 5.03. The minimum atomic E-state index is -0.171. The second-order valence-electron chi connectivity index (χ2n) is 4.22. The van der Waals surface area contributed by atoms with Gasteiger partial charge in [-0.25, -0.2) is 0 Å². The van der Waals surface area contributed by atoms with Gasteiger partial charge in [0.1, 0.15) is 12.4 Å². The van der Waals surface area contributed by atoms with Crippen LogP contribution in [0.4, 0.5) is 5.82 Å². The van der Waals surface area contributed by atoms with Crippen molar-refractivity contribution in [3.63, 3.8) is 0 Å². The van der Waals surface area contributed by atoms with E-state index in [0.29, 0.717) is 5.82 Å². The van der Waals surface area contributed by atoms with E-state index in [2.05, 4.69) is 10.4 Å². The number of hydrogen-bond acceptors (Lipinski definition) is 3. The highest BCUT2D eigenvalue weighted by molar-refractivity contribution is 5.76. The number of aromatic nitrogens is 2. The van der Waals surface area contributed by atoms with E-state index in [4.69, 9.17) is 5.73 Å². The molecule has 1 heterocycles. The molecule has 0 aliphatic heterocycles. The molecule has 84 valence electrons. The first-order valence-corrected chi connectivity index (χ1v) is 5.03. The number of carbonyl (C=O) groups excluding carboxylic acids is 1. The molecule has 0 aliphatic rings. The van der Waals surface area contributed by atoms with Gasteiger partial charge in [0, 0.05) is 11.7 Å². The molecule has 0 atom stereocenters. The molecule has 0 saturated carbocycles. The molecule has 0 unspecified atom stereocenters. The Balaban J connectivity index is 2.50. The Morgan fingerprint density at radius 3 is 2.80 bits per heavy atom. The predicted molar refractivity (Wildman–Crippen MR) is 59.2 cm³/mol. The molecule has 0 fully saturated rings. The summed E-state index contributed by atoms with van der Waals surface area (Å²) in [5.74, 6) is 0.377. The Kier molecular flexibility index (Phi) is 3.34. The van der Waals surface area contributed by atoms with Gasteiger partial charge in [-0.15, -0.1) is 0 Å². The number of rotatable bonds is 4. The Bertz CT molecular complexity index is 343. The van der Waals surface area contributed by atoms with Crippen molar-refractivity contribution in [2.24, 2.45) is 0 Å². The summed E-state index contributed by atoms with van der Waals surface area (Å²) >= 11 is 0. The van der Waals surface area contributed by atoms with Crippen LogP contribution in [-0.2, 0) is 11.3 Å². The fourth-order valence-electron chi connectivity index (χ4n) is 1.12. The van der Waals surface area contributed by atoms with Crippen molar-refractivity contribution >= 4 is 11.7 Å². The van der Waals surface area contributed by atoms with Crippen LogP contribution in [0.3, 0.4) is 0 Å². The monoisotopic (exact) mass is 210 g/mol. The average Bonchev–Trinajstić information content (AvgIpc) is 2.50. The number of hydrogen-bond donors (Lipinski definition) is 2. The van der Waals surface area contributed by atoms with E-state index in [0.717, 1.165) is 6.42 Å². The molecular weight excluding hydrogens is 192 g/mol. The first kappa shape index (κ1) is 11.6. The van der Waals surface area contributed by atoms with E-state index in [1.807, 2.05) is 20.8 Å². The molecule has 1 aromatic rings. The Morgan fingerprint density at radius 2 is 2.33 bits per heavy atom. The lowest BCUT2D eigenvalue weighted by atomic mass is 10.0. The molecule has 5 heteroatoms. The molecule has 0 spiro atoms. The van der Waals surface area contributed by atoms with Crippen LogP contribution in [-0.4, -0.2) is 21.2 Å². The fourth-order valence-corrected chi connectivity index (χ4v) is 1.12. The lowest BCUT2D eigenvalue weighted by molar-refractivity contribution is -0.123. The minimum Gasteiger partial charge on any atom is -0.382 e. The van der Waals surface area contributed by atoms with Crippen LogP contribution in [0.25, 0.3) is 0 Å². The van der Waals surface area contributed by atoms with Gasteiger partial charge in [-0.1, -0.05) is 6.92 Å². The number of anilines is 1. The van der Waals surface area contributed by atoms with Crippen molar-refractivity contribution in [3.8, 4) is 0 Å². The smallest absolute Gasteiger partial charge is 0.242 e. The van der Waals surface area contributed by atoms with E-state index in [1.54, 1.807) is 12.3 Å². The minimum absolute atomic E-state index is 0.0510. The number of carbonyl (C=O) groups is 1. The summed E-state index contributed by atoms with van der Waals surface area (Å²) in [4.78, 5) is 11.6. The van der Waals surface area contributed by atoms with Gasteiger partial charge in [-0.3, -0.25) is 9.48 Å². The van der Waals surface area contributed by atoms with E-state index in [1.165, 1.54) is 4.68 Å². The van der Waals surface area contributed by atoms with E-state index in [9.17, 15) is 4.79 Å². The molecule has 0 aromatic carbocycles. The summed E-state index contributed by atoms with van der Waals surface area (Å²) < 4.78 is 1.52. The largest absolute Gasteiger partial charge is 0.382 e. The zero-order valence-electron chi connectivity index (χ0n) is 9.45. The third-order valence-corrected chi connectivity index (χ3v) is 2.33. The van der Waals surface area contributed by atoms with Crippen molar-refractivity contribution in [3.05, 3.63) is 12.3 Å². The van der Waals surface area contributed by atoms with Gasteiger partial charge >= 0.3 is 0 Å². The molecule has 15 heavy (non-hydrogen) atoms. The third-order valence-electron chi connectivity index (χ3n) is 2.33. The van der Waals surface area contributed by atoms with Gasteiger partial charge in [0.25, 0.3) is 0 Å². The molecule has 3 N–H and O–H groups in total. The first-order chi connectivity index (χ1) is 6.93. The zero-order chi connectivity index (χ0) is 11.5. The Morgan fingerprint density at radius 1 is 1.67 bits per heavy atom. The number of nitrogens with one attached hydrogen (secondary N) is 1. The van der Waals surface area contributed by atoms with Crippen molar-refractivity contribution in [1.82, 2.24) is 15.1 Å². The quantitative estimate of drug-likeness (QED) is 0.771. The maximum Gasteiger partial charge on any atom is 0.242 e. The topological polar surface area (TPSA) is 72.9 Å². The second-order valence-corrected chi connectivity index (χ2v) is 4.22. The summed E-state index contributed by atoms with van der Waals surface area (Å²) in [7, 11) is 0. The molecule has 5 nitrogen and oxygen atoms in total. The van der Waals surface area contributed by atoms with Crippen LogP contribution in [0.1, 0.15) is 27.2 Å². The molecule has 0 saturated heterocycles. The summed E-state index contributed by atoms with van der Waals surface area (Å²) in [5.41, 5.74) is 5.27. The highest BCUT2D eigenvalue weighted by Gasteiger charge is 2.17. The van der Waals surface area contributed by atoms with Gasteiger partial charge < -0.3 is 11.1 Å². The highest BCUT2D eigenvalue weighted by Crippen LogP contribution is 2.06. The van der Waals surface area contributed by atoms with Crippen molar-refractivity contribution in [2.45, 2.75) is 39.3 Å². The molecule has 0 radical (unpaired) electrons. The molecule has 1 amide bonds. The molecule has 0 bridgehead atoms. The van der Waals surface area contributed by atoms with Crippen LogP contribution in [0, 0.1) is 0 Å². The number of nitrogens with two attached hydrogens (primary N) is 1. The van der Waals surface area contributed by atoms with E-state index < -0.39 is 0 Å². The lowest BCUT2D eigenvalue weighted by Crippen LogP contribution is -2.44. The Hall–Kier alpha value is -1.52. The average molecular weight is 210 g/mol. The zero-order valence-corrected chi connectivity index (χ0v) is 9.45. The van der Waals surface area contributed by atoms with Gasteiger partial charge in [0.2, 0.25) is 5.91 Å². The number of amides is 1. The third kappa shape index (κ3) is 3.61. The van der Waals surface area contributed by atoms with E-state index >= 15 is 0 Å². The van der Waals surface area contributed by atoms with Crippen molar-refractivity contribution < 1.29 is 4.79 Å². The molecular formula is C10H18N4O. The van der Waals surface area contributed by atoms with Crippen LogP contribution in [0.5, 0.6) is 0 Å². The van der Waals surface area contributed by atoms with Crippen LogP contribution in [0.2, 0.25) is 0 Å². The predicted octanol–water partition coefficient (Wildman–Crippen LogP) is 0.770. The van der Waals surface area contributed by atoms with Gasteiger partial charge in [0.05, 0.1) is 0 Å². The number of nitrogens with zero attached hydrogens (tertiary/aromatic N) is 2. The summed E-state index contributed by atoms with van der Waals surface area (Å²) in [6.45, 7) is 6.22. The van der Waals surface area contributed by atoms with Crippen LogP contribution in [0.15, 0.2) is 12.3 Å². The normalized spacial score (nSPS) is 11.4. The SMILES string of the molecule is CCC(C)(C)NC(=O)Cn1ccc(N)n1. The Labute approximate surface area is 89.6 Å². The maximum atomic E-state index is 11.6. The van der Waals surface area contributed by atoms with Gasteiger partial charge in [-0.05, 0) is 26.3 Å². The second kappa shape index (κ2) is 4.33. The van der Waals surface area contributed by atoms with Crippen LogP contribution >= 0.6 is 0 Å². The van der Waals surface area contributed by atoms with Crippen molar-refractivity contribution in [2.75, 3.05) is 5.73 Å².